The molecule has 2 aromatic rings. The van der Waals surface area contributed by atoms with Crippen molar-refractivity contribution in [1.82, 2.24) is 20.1 Å². The summed E-state index contributed by atoms with van der Waals surface area (Å²) in [5, 5.41) is 6.77. The van der Waals surface area contributed by atoms with Crippen LogP contribution in [0, 0.1) is 6.92 Å². The number of carbonyl (C=O) groups is 2. The minimum atomic E-state index is -0.0588. The van der Waals surface area contributed by atoms with Crippen molar-refractivity contribution in [2.75, 3.05) is 26.2 Å². The summed E-state index contributed by atoms with van der Waals surface area (Å²) in [7, 11) is 0. The number of fused-ring (bicyclic) bond motifs is 1. The zero-order valence-corrected chi connectivity index (χ0v) is 17.1. The standard InChI is InChI=1S/C21H26N4O2S/c1-15-19(11-23-21(27)16-5-9-28-14-16)18-4-8-25(12-17(18)10-22-15)20(26)13-24-6-2-3-7-24/h5,9-10,14H,2-4,6-8,11-13H2,1H3,(H,23,27). The van der Waals surface area contributed by atoms with Crippen LogP contribution in [0.25, 0.3) is 0 Å². The van der Waals surface area contributed by atoms with E-state index in [-0.39, 0.29) is 11.8 Å². The quantitative estimate of drug-likeness (QED) is 0.840. The summed E-state index contributed by atoms with van der Waals surface area (Å²) >= 11 is 1.52. The lowest BCUT2D eigenvalue weighted by atomic mass is 9.94. The predicted molar refractivity (Wildman–Crippen MR) is 109 cm³/mol. The van der Waals surface area contributed by atoms with Crippen LogP contribution in [-0.2, 0) is 24.3 Å². The summed E-state index contributed by atoms with van der Waals surface area (Å²) in [6, 6.07) is 1.83. The molecule has 2 aliphatic heterocycles. The fourth-order valence-corrected chi connectivity index (χ4v) is 4.70. The van der Waals surface area contributed by atoms with Crippen molar-refractivity contribution in [1.29, 1.82) is 0 Å². The number of aryl methyl sites for hydroxylation is 1. The first-order valence-electron chi connectivity index (χ1n) is 9.88. The Balaban J connectivity index is 1.43. The van der Waals surface area contributed by atoms with Gasteiger partial charge in [-0.3, -0.25) is 19.5 Å². The average molecular weight is 399 g/mol. The fourth-order valence-electron chi connectivity index (χ4n) is 4.07. The van der Waals surface area contributed by atoms with E-state index in [1.807, 2.05) is 34.8 Å². The number of likely N-dealkylation sites (tertiary alicyclic amines) is 1. The molecule has 0 spiro atoms. The number of amides is 2. The molecule has 0 aliphatic carbocycles. The summed E-state index contributed by atoms with van der Waals surface area (Å²) in [6.07, 6.45) is 5.10. The maximum atomic E-state index is 12.7. The van der Waals surface area contributed by atoms with Crippen molar-refractivity contribution in [3.8, 4) is 0 Å². The number of nitrogens with one attached hydrogen (secondary N) is 1. The molecular weight excluding hydrogens is 372 g/mol. The maximum Gasteiger partial charge on any atom is 0.252 e. The van der Waals surface area contributed by atoms with Crippen molar-refractivity contribution in [2.24, 2.45) is 0 Å². The Morgan fingerprint density at radius 2 is 2.07 bits per heavy atom. The van der Waals surface area contributed by atoms with E-state index in [9.17, 15) is 9.59 Å². The van der Waals surface area contributed by atoms with Gasteiger partial charge in [-0.05, 0) is 67.4 Å². The van der Waals surface area contributed by atoms with E-state index in [1.165, 1.54) is 29.7 Å². The van der Waals surface area contributed by atoms with E-state index in [2.05, 4.69) is 15.2 Å². The Labute approximate surface area is 169 Å². The highest BCUT2D eigenvalue weighted by molar-refractivity contribution is 7.08. The molecule has 0 bridgehead atoms. The molecule has 1 saturated heterocycles. The van der Waals surface area contributed by atoms with Gasteiger partial charge in [0, 0.05) is 42.5 Å². The Morgan fingerprint density at radius 3 is 2.82 bits per heavy atom. The molecule has 2 aliphatic rings. The second kappa shape index (κ2) is 8.41. The van der Waals surface area contributed by atoms with Gasteiger partial charge in [-0.1, -0.05) is 0 Å². The van der Waals surface area contributed by atoms with Gasteiger partial charge in [0.1, 0.15) is 0 Å². The molecule has 148 valence electrons. The third kappa shape index (κ3) is 4.10. The van der Waals surface area contributed by atoms with E-state index < -0.39 is 0 Å². The van der Waals surface area contributed by atoms with E-state index in [0.29, 0.717) is 25.2 Å². The molecule has 0 saturated carbocycles. The molecule has 6 nitrogen and oxygen atoms in total. The van der Waals surface area contributed by atoms with Crippen molar-refractivity contribution in [3.63, 3.8) is 0 Å². The predicted octanol–water partition coefficient (Wildman–Crippen LogP) is 2.36. The number of nitrogens with zero attached hydrogens (tertiary/aromatic N) is 3. The largest absolute Gasteiger partial charge is 0.348 e. The lowest BCUT2D eigenvalue weighted by molar-refractivity contribution is -0.133. The molecule has 0 aromatic carbocycles. The zero-order chi connectivity index (χ0) is 19.5. The molecule has 4 heterocycles. The van der Waals surface area contributed by atoms with E-state index in [1.54, 1.807) is 0 Å². The first-order chi connectivity index (χ1) is 13.6. The normalized spacial score (nSPS) is 16.8. The molecule has 0 radical (unpaired) electrons. The summed E-state index contributed by atoms with van der Waals surface area (Å²) in [6.45, 7) is 6.39. The Hall–Kier alpha value is -2.25. The molecule has 0 atom stereocenters. The van der Waals surface area contributed by atoms with Crippen LogP contribution in [0.15, 0.2) is 23.0 Å². The van der Waals surface area contributed by atoms with Crippen molar-refractivity contribution < 1.29 is 9.59 Å². The van der Waals surface area contributed by atoms with Crippen molar-refractivity contribution in [3.05, 3.63) is 51.0 Å². The van der Waals surface area contributed by atoms with Crippen LogP contribution in [0.4, 0.5) is 0 Å². The van der Waals surface area contributed by atoms with Crippen LogP contribution in [0.1, 0.15) is 45.6 Å². The summed E-state index contributed by atoms with van der Waals surface area (Å²) in [4.78, 5) is 33.7. The Morgan fingerprint density at radius 1 is 1.25 bits per heavy atom. The van der Waals surface area contributed by atoms with Gasteiger partial charge in [0.15, 0.2) is 0 Å². The number of carbonyl (C=O) groups excluding carboxylic acids is 2. The lowest BCUT2D eigenvalue weighted by Crippen LogP contribution is -2.42. The molecule has 0 unspecified atom stereocenters. The van der Waals surface area contributed by atoms with Gasteiger partial charge in [0.05, 0.1) is 6.54 Å². The number of hydrogen-bond acceptors (Lipinski definition) is 5. The number of hydrogen-bond donors (Lipinski definition) is 1. The van der Waals surface area contributed by atoms with E-state index in [0.717, 1.165) is 42.9 Å². The van der Waals surface area contributed by atoms with Gasteiger partial charge in [-0.2, -0.15) is 11.3 Å². The van der Waals surface area contributed by atoms with Crippen molar-refractivity contribution in [2.45, 2.75) is 39.3 Å². The van der Waals surface area contributed by atoms with Gasteiger partial charge in [-0.25, -0.2) is 0 Å². The number of thiophene rings is 1. The van der Waals surface area contributed by atoms with Crippen LogP contribution in [0.2, 0.25) is 0 Å². The van der Waals surface area contributed by atoms with Gasteiger partial charge in [-0.15, -0.1) is 0 Å². The number of pyridine rings is 1. The summed E-state index contributed by atoms with van der Waals surface area (Å²) in [5.74, 6) is 0.150. The van der Waals surface area contributed by atoms with Crippen LogP contribution >= 0.6 is 11.3 Å². The zero-order valence-electron chi connectivity index (χ0n) is 16.2. The molecule has 1 N–H and O–H groups in total. The molecule has 2 aromatic heterocycles. The van der Waals surface area contributed by atoms with Gasteiger partial charge < -0.3 is 10.2 Å². The maximum absolute atomic E-state index is 12.7. The molecule has 7 heteroatoms. The van der Waals surface area contributed by atoms with Crippen LogP contribution < -0.4 is 5.32 Å². The molecule has 28 heavy (non-hydrogen) atoms. The van der Waals surface area contributed by atoms with Gasteiger partial charge >= 0.3 is 0 Å². The van der Waals surface area contributed by atoms with Gasteiger partial charge in [0.25, 0.3) is 5.91 Å². The summed E-state index contributed by atoms with van der Waals surface area (Å²) < 4.78 is 0. The van der Waals surface area contributed by atoms with Crippen LogP contribution in [-0.4, -0.2) is 52.8 Å². The van der Waals surface area contributed by atoms with Crippen molar-refractivity contribution >= 4 is 23.2 Å². The van der Waals surface area contributed by atoms with Crippen LogP contribution in [0.3, 0.4) is 0 Å². The molecule has 2 amide bonds. The highest BCUT2D eigenvalue weighted by Crippen LogP contribution is 2.24. The first-order valence-corrected chi connectivity index (χ1v) is 10.8. The van der Waals surface area contributed by atoms with Crippen LogP contribution in [0.5, 0.6) is 0 Å². The fraction of sp³-hybridized carbons (Fsp3) is 0.476. The highest BCUT2D eigenvalue weighted by Gasteiger charge is 2.26. The number of aromatic nitrogens is 1. The minimum absolute atomic E-state index is 0.0588. The highest BCUT2D eigenvalue weighted by atomic mass is 32.1. The second-order valence-corrected chi connectivity index (χ2v) is 8.35. The summed E-state index contributed by atoms with van der Waals surface area (Å²) in [5.41, 5.74) is 5.07. The Kier molecular flexibility index (Phi) is 5.73. The second-order valence-electron chi connectivity index (χ2n) is 7.57. The van der Waals surface area contributed by atoms with Gasteiger partial charge in [0.2, 0.25) is 5.91 Å². The third-order valence-electron chi connectivity index (χ3n) is 5.71. The topological polar surface area (TPSA) is 65.5 Å². The average Bonchev–Trinajstić information content (AvgIpc) is 3.40. The Bertz CT molecular complexity index is 860. The monoisotopic (exact) mass is 398 g/mol. The molecule has 1 fully saturated rings. The van der Waals surface area contributed by atoms with E-state index in [4.69, 9.17) is 0 Å². The minimum Gasteiger partial charge on any atom is -0.348 e. The molecule has 4 rings (SSSR count). The molecular formula is C21H26N4O2S. The van der Waals surface area contributed by atoms with E-state index >= 15 is 0 Å². The smallest absolute Gasteiger partial charge is 0.252 e. The SMILES string of the molecule is Cc1ncc2c(c1CNC(=O)c1ccsc1)CCN(C(=O)CN1CCCC1)C2. The first kappa shape index (κ1) is 19.1. The number of rotatable bonds is 5. The third-order valence-corrected chi connectivity index (χ3v) is 6.40. The lowest BCUT2D eigenvalue weighted by Gasteiger charge is -2.31.